The first-order valence-corrected chi connectivity index (χ1v) is 41.6. The normalized spacial score (nSPS) is 14.0. The molecule has 5 atom stereocenters. The zero-order valence-corrected chi connectivity index (χ0v) is 62.2. The molecule has 0 aromatic heterocycles. The molecular formula is C74H144O17P2. The minimum atomic E-state index is -4.95. The molecule has 0 aliphatic heterocycles. The highest BCUT2D eigenvalue weighted by Gasteiger charge is 2.30. The third-order valence-corrected chi connectivity index (χ3v) is 19.2. The minimum Gasteiger partial charge on any atom is -0.462 e. The molecule has 0 aliphatic carbocycles. The van der Waals surface area contributed by atoms with Crippen molar-refractivity contribution in [1.29, 1.82) is 0 Å². The molecule has 0 saturated carbocycles. The number of hydrogen-bond acceptors (Lipinski definition) is 15. The van der Waals surface area contributed by atoms with Gasteiger partial charge in [0.1, 0.15) is 19.3 Å². The minimum absolute atomic E-state index is 0.108. The molecule has 0 spiro atoms. The highest BCUT2D eigenvalue weighted by Crippen LogP contribution is 2.45. The molecule has 552 valence electrons. The lowest BCUT2D eigenvalue weighted by atomic mass is 10.0. The molecule has 2 unspecified atom stereocenters. The van der Waals surface area contributed by atoms with Crippen LogP contribution in [-0.4, -0.2) is 96.7 Å². The first-order valence-electron chi connectivity index (χ1n) is 38.6. The number of unbranched alkanes of at least 4 members (excludes halogenated alkanes) is 46. The number of phosphoric ester groups is 2. The van der Waals surface area contributed by atoms with Gasteiger partial charge in [0.05, 0.1) is 26.4 Å². The third-order valence-electron chi connectivity index (χ3n) is 17.3. The van der Waals surface area contributed by atoms with Crippen LogP contribution < -0.4 is 0 Å². The number of carbonyl (C=O) groups excluding carboxylic acids is 4. The molecular weight excluding hydrogens is 1220 g/mol. The third kappa shape index (κ3) is 68.4. The van der Waals surface area contributed by atoms with Gasteiger partial charge in [-0.3, -0.25) is 37.3 Å². The van der Waals surface area contributed by atoms with Crippen LogP contribution in [-0.2, 0) is 65.4 Å². The summed E-state index contributed by atoms with van der Waals surface area (Å²) in [7, 11) is -9.90. The summed E-state index contributed by atoms with van der Waals surface area (Å²) in [6.07, 6.45) is 55.4. The summed E-state index contributed by atoms with van der Waals surface area (Å²) < 4.78 is 68.4. The smallest absolute Gasteiger partial charge is 0.462 e. The number of aliphatic hydroxyl groups excluding tert-OH is 1. The molecule has 0 amide bonds. The zero-order valence-electron chi connectivity index (χ0n) is 60.4. The molecule has 0 saturated heterocycles. The van der Waals surface area contributed by atoms with Crippen molar-refractivity contribution in [2.75, 3.05) is 39.6 Å². The molecule has 0 heterocycles. The van der Waals surface area contributed by atoms with Crippen molar-refractivity contribution in [3.05, 3.63) is 0 Å². The highest BCUT2D eigenvalue weighted by molar-refractivity contribution is 7.47. The number of ether oxygens (including phenoxy) is 4. The van der Waals surface area contributed by atoms with Crippen LogP contribution in [0.15, 0.2) is 0 Å². The molecule has 0 fully saturated rings. The fourth-order valence-corrected chi connectivity index (χ4v) is 12.9. The van der Waals surface area contributed by atoms with Gasteiger partial charge in [-0.2, -0.15) is 0 Å². The Morgan fingerprint density at radius 1 is 0.290 bits per heavy atom. The fraction of sp³-hybridized carbons (Fsp3) is 0.946. The maximum Gasteiger partial charge on any atom is 0.472 e. The summed E-state index contributed by atoms with van der Waals surface area (Å²) >= 11 is 0. The van der Waals surface area contributed by atoms with E-state index in [0.717, 1.165) is 95.8 Å². The van der Waals surface area contributed by atoms with Gasteiger partial charge in [0.2, 0.25) is 0 Å². The van der Waals surface area contributed by atoms with E-state index in [0.29, 0.717) is 25.7 Å². The van der Waals surface area contributed by atoms with Crippen molar-refractivity contribution >= 4 is 39.5 Å². The van der Waals surface area contributed by atoms with Crippen LogP contribution >= 0.6 is 15.6 Å². The Kier molecular flexibility index (Phi) is 65.9. The second kappa shape index (κ2) is 67.3. The molecule has 19 heteroatoms. The lowest BCUT2D eigenvalue weighted by molar-refractivity contribution is -0.161. The molecule has 0 aliphatic rings. The summed E-state index contributed by atoms with van der Waals surface area (Å²) in [6.45, 7) is 7.26. The first kappa shape index (κ1) is 91.1. The number of carbonyl (C=O) groups is 4. The van der Waals surface area contributed by atoms with E-state index in [4.69, 9.17) is 37.0 Å². The molecule has 0 bridgehead atoms. The van der Waals surface area contributed by atoms with Crippen LogP contribution in [0, 0.1) is 5.92 Å². The standard InChI is InChI=1S/C74H144O17P2/c1-6-9-12-15-18-21-24-26-27-28-29-30-31-34-39-45-50-55-60-74(79)91-70(64-85-72(77)58-53-48-43-40-35-36-41-46-51-56-67(4)5)66-89-93(82,83)87-62-68(75)61-86-92(80,81)88-65-69(63-84-71(76)57-52-47-42-37-32-23-20-17-14-11-8-3)90-73(78)59-54-49-44-38-33-25-22-19-16-13-10-7-2/h67-70,75H,6-66H2,1-5H3,(H,80,81)(H,82,83)/t68-,69+,70+/m0/s1. The number of aliphatic hydroxyl groups is 1. The molecule has 3 N–H and O–H groups in total. The molecule has 0 rings (SSSR count). The van der Waals surface area contributed by atoms with Gasteiger partial charge in [-0.25, -0.2) is 9.13 Å². The van der Waals surface area contributed by atoms with E-state index >= 15 is 0 Å². The van der Waals surface area contributed by atoms with Crippen LogP contribution in [0.3, 0.4) is 0 Å². The van der Waals surface area contributed by atoms with E-state index in [1.807, 2.05) is 0 Å². The van der Waals surface area contributed by atoms with E-state index < -0.39 is 97.5 Å². The monoisotopic (exact) mass is 1370 g/mol. The second-order valence-corrected chi connectivity index (χ2v) is 30.1. The van der Waals surface area contributed by atoms with E-state index in [1.54, 1.807) is 0 Å². The number of phosphoric acid groups is 2. The van der Waals surface area contributed by atoms with Crippen molar-refractivity contribution in [1.82, 2.24) is 0 Å². The average molecular weight is 1370 g/mol. The molecule has 0 radical (unpaired) electrons. The van der Waals surface area contributed by atoms with Gasteiger partial charge in [-0.15, -0.1) is 0 Å². The highest BCUT2D eigenvalue weighted by atomic mass is 31.2. The first-order chi connectivity index (χ1) is 45.0. The summed E-state index contributed by atoms with van der Waals surface area (Å²) in [5, 5.41) is 10.6. The summed E-state index contributed by atoms with van der Waals surface area (Å²) in [6, 6.07) is 0. The van der Waals surface area contributed by atoms with Gasteiger partial charge < -0.3 is 33.8 Å². The Balaban J connectivity index is 5.23. The maximum atomic E-state index is 13.1. The zero-order chi connectivity index (χ0) is 68.4. The van der Waals surface area contributed by atoms with E-state index in [9.17, 15) is 43.2 Å². The predicted molar refractivity (Wildman–Crippen MR) is 377 cm³/mol. The van der Waals surface area contributed by atoms with Crippen LogP contribution in [0.5, 0.6) is 0 Å². The van der Waals surface area contributed by atoms with Crippen LogP contribution in [0.2, 0.25) is 0 Å². The van der Waals surface area contributed by atoms with Crippen molar-refractivity contribution in [2.24, 2.45) is 5.92 Å². The molecule has 17 nitrogen and oxygen atoms in total. The lowest BCUT2D eigenvalue weighted by Crippen LogP contribution is -2.30. The van der Waals surface area contributed by atoms with Gasteiger partial charge >= 0.3 is 39.5 Å². The molecule has 0 aromatic rings. The van der Waals surface area contributed by atoms with Gasteiger partial charge in [0.25, 0.3) is 0 Å². The Morgan fingerprint density at radius 3 is 0.731 bits per heavy atom. The van der Waals surface area contributed by atoms with Crippen LogP contribution in [0.1, 0.15) is 388 Å². The van der Waals surface area contributed by atoms with E-state index in [-0.39, 0.29) is 25.7 Å². The molecule has 0 aromatic carbocycles. The van der Waals surface area contributed by atoms with Gasteiger partial charge in [-0.05, 0) is 31.6 Å². The summed E-state index contributed by atoms with van der Waals surface area (Å²) in [5.74, 6) is -1.37. The Labute approximate surface area is 568 Å². The van der Waals surface area contributed by atoms with Crippen LogP contribution in [0.4, 0.5) is 0 Å². The SMILES string of the molecule is CCCCCCCCCCCCCCCCCCCCC(=O)O[C@H](COC(=O)CCCCCCCCCCCC(C)C)COP(=O)(O)OC[C@@H](O)COP(=O)(O)OC[C@@H](COC(=O)CCCCCCCCCCCCC)OC(=O)CCCCCCCCCCCCCC. The largest absolute Gasteiger partial charge is 0.472 e. The summed E-state index contributed by atoms with van der Waals surface area (Å²) in [4.78, 5) is 72.7. The van der Waals surface area contributed by atoms with E-state index in [2.05, 4.69) is 34.6 Å². The Bertz CT molecular complexity index is 1790. The quantitative estimate of drug-likeness (QED) is 0.0222. The predicted octanol–water partition coefficient (Wildman–Crippen LogP) is 21.7. The van der Waals surface area contributed by atoms with Crippen molar-refractivity contribution in [2.45, 2.75) is 406 Å². The number of esters is 4. The fourth-order valence-electron chi connectivity index (χ4n) is 11.4. The maximum absolute atomic E-state index is 13.1. The van der Waals surface area contributed by atoms with Crippen molar-refractivity contribution in [3.63, 3.8) is 0 Å². The van der Waals surface area contributed by atoms with Crippen molar-refractivity contribution in [3.8, 4) is 0 Å². The summed E-state index contributed by atoms with van der Waals surface area (Å²) in [5.41, 5.74) is 0. The number of rotatable bonds is 74. The van der Waals surface area contributed by atoms with Gasteiger partial charge in [-0.1, -0.05) is 336 Å². The molecule has 93 heavy (non-hydrogen) atoms. The van der Waals surface area contributed by atoms with Crippen LogP contribution in [0.25, 0.3) is 0 Å². The van der Waals surface area contributed by atoms with Gasteiger partial charge in [0, 0.05) is 25.7 Å². The Hall–Kier alpha value is -1.94. The van der Waals surface area contributed by atoms with Crippen molar-refractivity contribution < 1.29 is 80.2 Å². The number of hydrogen-bond donors (Lipinski definition) is 3. The second-order valence-electron chi connectivity index (χ2n) is 27.2. The van der Waals surface area contributed by atoms with Gasteiger partial charge in [0.15, 0.2) is 12.2 Å². The van der Waals surface area contributed by atoms with E-state index in [1.165, 1.54) is 212 Å². The average Bonchev–Trinajstić information content (AvgIpc) is 3.01. The topological polar surface area (TPSA) is 237 Å². The lowest BCUT2D eigenvalue weighted by Gasteiger charge is -2.21. The Morgan fingerprint density at radius 2 is 0.495 bits per heavy atom.